The van der Waals surface area contributed by atoms with Gasteiger partial charge in [-0.25, -0.2) is 8.42 Å². The fourth-order valence-corrected chi connectivity index (χ4v) is 4.52. The van der Waals surface area contributed by atoms with Crippen LogP contribution >= 0.6 is 0 Å². The van der Waals surface area contributed by atoms with Crippen LogP contribution < -0.4 is 10.1 Å². The predicted octanol–water partition coefficient (Wildman–Crippen LogP) is 3.76. The van der Waals surface area contributed by atoms with E-state index in [4.69, 9.17) is 0 Å². The third-order valence-electron chi connectivity index (χ3n) is 4.97. The van der Waals surface area contributed by atoms with Gasteiger partial charge in [0, 0.05) is 23.4 Å². The molecule has 9 heteroatoms. The lowest BCUT2D eigenvalue weighted by Gasteiger charge is -2.31. The maximum Gasteiger partial charge on any atom is 0.295 e. The van der Waals surface area contributed by atoms with Crippen molar-refractivity contribution in [2.75, 3.05) is 10.1 Å². The van der Waals surface area contributed by atoms with Gasteiger partial charge in [0.05, 0.1) is 9.82 Å². The van der Waals surface area contributed by atoms with E-state index >= 15 is 0 Å². The van der Waals surface area contributed by atoms with Gasteiger partial charge in [0.2, 0.25) is 0 Å². The van der Waals surface area contributed by atoms with Gasteiger partial charge in [-0.1, -0.05) is 30.4 Å². The Morgan fingerprint density at radius 2 is 1.93 bits per heavy atom. The number of anilines is 2. The first-order valence-electron chi connectivity index (χ1n) is 8.79. The van der Waals surface area contributed by atoms with Crippen LogP contribution in [0.3, 0.4) is 0 Å². The van der Waals surface area contributed by atoms with Crippen LogP contribution in [0.5, 0.6) is 0 Å². The zero-order chi connectivity index (χ0) is 19.7. The first-order chi connectivity index (χ1) is 13.4. The van der Waals surface area contributed by atoms with E-state index in [2.05, 4.69) is 27.4 Å². The Hall–Kier alpha value is -3.20. The van der Waals surface area contributed by atoms with Crippen LogP contribution in [0.2, 0.25) is 0 Å². The average Bonchev–Trinajstić information content (AvgIpc) is 3.03. The zero-order valence-corrected chi connectivity index (χ0v) is 15.6. The Bertz CT molecular complexity index is 1080. The van der Waals surface area contributed by atoms with E-state index in [1.54, 1.807) is 30.3 Å². The van der Waals surface area contributed by atoms with Crippen molar-refractivity contribution < 1.29 is 13.3 Å². The lowest BCUT2D eigenvalue weighted by molar-refractivity contribution is -0.384. The second-order valence-corrected chi connectivity index (χ2v) is 8.46. The summed E-state index contributed by atoms with van der Waals surface area (Å²) in [6.07, 6.45) is 6.14. The molecular weight excluding hydrogens is 380 g/mol. The first-order valence-corrected chi connectivity index (χ1v) is 10.3. The van der Waals surface area contributed by atoms with Gasteiger partial charge in [0.25, 0.3) is 15.7 Å². The van der Waals surface area contributed by atoms with Crippen LogP contribution in [0, 0.1) is 22.0 Å². The third kappa shape index (κ3) is 3.48. The summed E-state index contributed by atoms with van der Waals surface area (Å²) in [6.45, 7) is 0. The topological polar surface area (TPSA) is 114 Å². The number of sulfonamides is 1. The number of para-hydroxylation sites is 1. The van der Waals surface area contributed by atoms with E-state index in [0.29, 0.717) is 17.5 Å². The number of allylic oxidation sites excluding steroid dienone is 2. The third-order valence-corrected chi connectivity index (χ3v) is 6.35. The van der Waals surface area contributed by atoms with Gasteiger partial charge in [-0.15, -0.1) is 0 Å². The number of fused-ring (bicyclic) bond motifs is 1. The molecule has 2 aromatic rings. The lowest BCUT2D eigenvalue weighted by Crippen LogP contribution is -2.33. The summed E-state index contributed by atoms with van der Waals surface area (Å²) in [7, 11) is -3.95. The number of nitrogens with zero attached hydrogens (tertiary/aromatic N) is 2. The normalized spacial score (nSPS) is 21.8. The zero-order valence-electron chi connectivity index (χ0n) is 14.8. The molecule has 28 heavy (non-hydrogen) atoms. The number of hydrazone groups is 1. The van der Waals surface area contributed by atoms with Gasteiger partial charge in [-0.3, -0.25) is 20.3 Å². The van der Waals surface area contributed by atoms with Gasteiger partial charge >= 0.3 is 0 Å². The smallest absolute Gasteiger partial charge is 0.280 e. The second kappa shape index (κ2) is 7.08. The number of rotatable bonds is 6. The van der Waals surface area contributed by atoms with Gasteiger partial charge in [0.15, 0.2) is 0 Å². The molecule has 2 aliphatic rings. The van der Waals surface area contributed by atoms with Crippen LogP contribution in [0.1, 0.15) is 12.8 Å². The minimum atomic E-state index is -3.95. The SMILES string of the molecule is O=[N+]([O-])c1cc(S(=O)(=O)Nc2ccccc2)ccc1N/N=C1/C[C@H]2CC=C[C@H]12. The molecule has 0 amide bonds. The maximum absolute atomic E-state index is 12.5. The van der Waals surface area contributed by atoms with Crippen molar-refractivity contribution in [3.8, 4) is 0 Å². The van der Waals surface area contributed by atoms with E-state index in [1.807, 2.05) is 0 Å². The molecule has 0 radical (unpaired) electrons. The standard InChI is InChI=1S/C19H18N4O4S/c24-23(25)19-12-15(28(26,27)22-14-6-2-1-3-7-14)9-10-17(19)20-21-18-11-13-5-4-8-16(13)18/h1-4,6-10,12-13,16,20,22H,5,11H2/b21-18-/t13-,16+/m1/s1. The number of nitro groups is 1. The van der Waals surface area contributed by atoms with Gasteiger partial charge < -0.3 is 0 Å². The quantitative estimate of drug-likeness (QED) is 0.437. The van der Waals surface area contributed by atoms with E-state index < -0.39 is 14.9 Å². The fourth-order valence-electron chi connectivity index (χ4n) is 3.44. The van der Waals surface area contributed by atoms with Gasteiger partial charge in [-0.2, -0.15) is 5.10 Å². The molecule has 1 saturated carbocycles. The average molecular weight is 398 g/mol. The monoisotopic (exact) mass is 398 g/mol. The highest BCUT2D eigenvalue weighted by molar-refractivity contribution is 7.92. The van der Waals surface area contributed by atoms with Crippen molar-refractivity contribution in [1.29, 1.82) is 0 Å². The Morgan fingerprint density at radius 1 is 1.14 bits per heavy atom. The van der Waals surface area contributed by atoms with Crippen molar-refractivity contribution in [2.45, 2.75) is 17.7 Å². The molecule has 0 aliphatic heterocycles. The summed E-state index contributed by atoms with van der Waals surface area (Å²) in [4.78, 5) is 10.6. The molecule has 0 saturated heterocycles. The largest absolute Gasteiger partial charge is 0.295 e. The molecule has 2 atom stereocenters. The molecule has 0 spiro atoms. The van der Waals surface area contributed by atoms with E-state index in [9.17, 15) is 18.5 Å². The van der Waals surface area contributed by atoms with E-state index in [0.717, 1.165) is 24.6 Å². The summed E-state index contributed by atoms with van der Waals surface area (Å²) in [5, 5.41) is 15.8. The van der Waals surface area contributed by atoms with Crippen LogP contribution in [-0.2, 0) is 10.0 Å². The van der Waals surface area contributed by atoms with Gasteiger partial charge in [0.1, 0.15) is 5.69 Å². The predicted molar refractivity (Wildman–Crippen MR) is 107 cm³/mol. The lowest BCUT2D eigenvalue weighted by atomic mass is 9.74. The molecule has 0 unspecified atom stereocenters. The number of nitro benzene ring substituents is 1. The number of hydrogen-bond donors (Lipinski definition) is 2. The molecule has 1 fully saturated rings. The number of nitrogens with one attached hydrogen (secondary N) is 2. The van der Waals surface area contributed by atoms with Crippen molar-refractivity contribution >= 4 is 32.8 Å². The summed E-state index contributed by atoms with van der Waals surface area (Å²) in [5.74, 6) is 0.897. The van der Waals surface area contributed by atoms with Crippen LogP contribution in [-0.4, -0.2) is 19.1 Å². The van der Waals surface area contributed by atoms with Crippen molar-refractivity contribution in [3.63, 3.8) is 0 Å². The maximum atomic E-state index is 12.5. The minimum Gasteiger partial charge on any atom is -0.280 e. The molecule has 2 aromatic carbocycles. The molecule has 8 nitrogen and oxygen atoms in total. The van der Waals surface area contributed by atoms with Crippen LogP contribution in [0.25, 0.3) is 0 Å². The summed E-state index contributed by atoms with van der Waals surface area (Å²) >= 11 is 0. The first kappa shape index (κ1) is 18.2. The summed E-state index contributed by atoms with van der Waals surface area (Å²) in [5.41, 5.74) is 3.87. The highest BCUT2D eigenvalue weighted by Gasteiger charge is 2.38. The van der Waals surface area contributed by atoms with E-state index in [1.165, 1.54) is 12.1 Å². The van der Waals surface area contributed by atoms with Crippen LogP contribution in [0.4, 0.5) is 17.1 Å². The Kier molecular flexibility index (Phi) is 4.60. The highest BCUT2D eigenvalue weighted by atomic mass is 32.2. The molecular formula is C19H18N4O4S. The van der Waals surface area contributed by atoms with Crippen LogP contribution in [0.15, 0.2) is 70.7 Å². The van der Waals surface area contributed by atoms with Gasteiger partial charge in [-0.05, 0) is 43.0 Å². The Labute approximate surface area is 162 Å². The minimum absolute atomic E-state index is 0.154. The summed E-state index contributed by atoms with van der Waals surface area (Å²) in [6, 6.07) is 12.1. The van der Waals surface area contributed by atoms with Crippen molar-refractivity contribution in [1.82, 2.24) is 0 Å². The molecule has 0 bridgehead atoms. The molecule has 0 aromatic heterocycles. The summed E-state index contributed by atoms with van der Waals surface area (Å²) < 4.78 is 27.5. The molecule has 2 aliphatic carbocycles. The van der Waals surface area contributed by atoms with Crippen molar-refractivity contribution in [3.05, 3.63) is 70.8 Å². The fraction of sp³-hybridized carbons (Fsp3) is 0.211. The second-order valence-electron chi connectivity index (χ2n) is 6.78. The Morgan fingerprint density at radius 3 is 2.64 bits per heavy atom. The highest BCUT2D eigenvalue weighted by Crippen LogP contribution is 2.40. The Balaban J connectivity index is 1.57. The van der Waals surface area contributed by atoms with E-state index in [-0.39, 0.29) is 16.3 Å². The molecule has 0 heterocycles. The molecule has 4 rings (SSSR count). The number of benzene rings is 2. The van der Waals surface area contributed by atoms with Crippen molar-refractivity contribution in [2.24, 2.45) is 16.9 Å². The molecule has 2 N–H and O–H groups in total. The molecule has 144 valence electrons. The number of hydrogen-bond acceptors (Lipinski definition) is 6.